The summed E-state index contributed by atoms with van der Waals surface area (Å²) in [6.07, 6.45) is 6.93. The van der Waals surface area contributed by atoms with Gasteiger partial charge in [-0.15, -0.1) is 0 Å². The Balaban J connectivity index is 1.32. The Kier molecular flexibility index (Phi) is 4.52. The molecule has 4 aromatic rings. The third-order valence-electron chi connectivity index (χ3n) is 5.45. The second kappa shape index (κ2) is 7.47. The van der Waals surface area contributed by atoms with Crippen molar-refractivity contribution in [2.24, 2.45) is 0 Å². The molecule has 3 aromatic heterocycles. The minimum Gasteiger partial charge on any atom is -0.342 e. The number of fused-ring (bicyclic) bond motifs is 1. The minimum absolute atomic E-state index is 0.168. The first-order valence-electron chi connectivity index (χ1n) is 9.85. The highest BCUT2D eigenvalue weighted by atomic mass is 16.2. The zero-order valence-corrected chi connectivity index (χ0v) is 16.0. The molecule has 1 amide bonds. The van der Waals surface area contributed by atoms with E-state index in [0.29, 0.717) is 13.0 Å². The largest absolute Gasteiger partial charge is 0.342 e. The molecular weight excluding hydrogens is 362 g/mol. The van der Waals surface area contributed by atoms with Gasteiger partial charge in [0.1, 0.15) is 0 Å². The van der Waals surface area contributed by atoms with E-state index in [9.17, 15) is 4.79 Å². The number of aromatic nitrogens is 4. The van der Waals surface area contributed by atoms with Gasteiger partial charge in [-0.25, -0.2) is 9.50 Å². The summed E-state index contributed by atoms with van der Waals surface area (Å²) in [5.41, 5.74) is 3.97. The van der Waals surface area contributed by atoms with Crippen molar-refractivity contribution in [3.05, 3.63) is 84.6 Å². The third kappa shape index (κ3) is 3.61. The highest BCUT2D eigenvalue weighted by Gasteiger charge is 2.30. The lowest BCUT2D eigenvalue weighted by atomic mass is 10.1. The molecule has 1 fully saturated rings. The monoisotopic (exact) mass is 383 g/mol. The maximum absolute atomic E-state index is 12.6. The molecular formula is C23H21N5O. The van der Waals surface area contributed by atoms with E-state index in [4.69, 9.17) is 10.1 Å². The number of pyridine rings is 2. The molecule has 1 atom stereocenters. The summed E-state index contributed by atoms with van der Waals surface area (Å²) in [5, 5.41) is 4.71. The summed E-state index contributed by atoms with van der Waals surface area (Å²) in [5.74, 6) is 1.15. The lowest BCUT2D eigenvalue weighted by Gasteiger charge is -2.15. The summed E-state index contributed by atoms with van der Waals surface area (Å²) < 4.78 is 1.83. The average Bonchev–Trinajstić information content (AvgIpc) is 3.42. The number of amides is 1. The predicted molar refractivity (Wildman–Crippen MR) is 110 cm³/mol. The van der Waals surface area contributed by atoms with Crippen molar-refractivity contribution < 1.29 is 4.79 Å². The van der Waals surface area contributed by atoms with Gasteiger partial charge in [-0.3, -0.25) is 9.78 Å². The zero-order valence-electron chi connectivity index (χ0n) is 16.0. The van der Waals surface area contributed by atoms with E-state index < -0.39 is 0 Å². The van der Waals surface area contributed by atoms with Crippen LogP contribution in [0.2, 0.25) is 0 Å². The summed E-state index contributed by atoms with van der Waals surface area (Å²) in [4.78, 5) is 23.5. The Labute approximate surface area is 168 Å². The molecule has 29 heavy (non-hydrogen) atoms. The molecule has 0 N–H and O–H groups in total. The van der Waals surface area contributed by atoms with Crippen LogP contribution >= 0.6 is 0 Å². The Morgan fingerprint density at radius 2 is 1.93 bits per heavy atom. The number of rotatable bonds is 4. The van der Waals surface area contributed by atoms with E-state index in [1.807, 2.05) is 76.4 Å². The van der Waals surface area contributed by atoms with Gasteiger partial charge in [0.05, 0.1) is 6.42 Å². The van der Waals surface area contributed by atoms with E-state index in [0.717, 1.165) is 41.1 Å². The first kappa shape index (κ1) is 17.6. The van der Waals surface area contributed by atoms with Crippen LogP contribution in [0.25, 0.3) is 16.8 Å². The molecule has 1 aliphatic heterocycles. The van der Waals surface area contributed by atoms with E-state index in [-0.39, 0.29) is 11.8 Å². The van der Waals surface area contributed by atoms with E-state index in [1.165, 1.54) is 0 Å². The number of carbonyl (C=O) groups is 1. The number of carbonyl (C=O) groups excluding carboxylic acids is 1. The summed E-state index contributed by atoms with van der Waals surface area (Å²) in [7, 11) is 0. The second-order valence-corrected chi connectivity index (χ2v) is 7.42. The number of nitrogens with zero attached hydrogens (tertiary/aromatic N) is 5. The molecule has 0 saturated carbocycles. The Morgan fingerprint density at radius 1 is 1.03 bits per heavy atom. The predicted octanol–water partition coefficient (Wildman–Crippen LogP) is 3.35. The average molecular weight is 383 g/mol. The van der Waals surface area contributed by atoms with Crippen molar-refractivity contribution in [3.8, 4) is 11.1 Å². The topological polar surface area (TPSA) is 63.4 Å². The van der Waals surface area contributed by atoms with Crippen LogP contribution in [-0.2, 0) is 11.2 Å². The molecule has 0 bridgehead atoms. The lowest BCUT2D eigenvalue weighted by molar-refractivity contribution is -0.129. The van der Waals surface area contributed by atoms with Gasteiger partial charge in [0.15, 0.2) is 11.5 Å². The van der Waals surface area contributed by atoms with E-state index in [1.54, 1.807) is 6.20 Å². The van der Waals surface area contributed by atoms with Crippen LogP contribution in [0.3, 0.4) is 0 Å². The Morgan fingerprint density at radius 3 is 2.76 bits per heavy atom. The summed E-state index contributed by atoms with van der Waals surface area (Å²) in [6.45, 7) is 1.44. The van der Waals surface area contributed by atoms with Crippen LogP contribution < -0.4 is 0 Å². The fourth-order valence-corrected chi connectivity index (χ4v) is 3.86. The van der Waals surface area contributed by atoms with Crippen molar-refractivity contribution in [2.75, 3.05) is 13.1 Å². The molecule has 0 radical (unpaired) electrons. The molecule has 6 heteroatoms. The molecule has 0 aliphatic carbocycles. The van der Waals surface area contributed by atoms with Crippen LogP contribution in [-0.4, -0.2) is 43.5 Å². The van der Waals surface area contributed by atoms with Crippen LogP contribution in [0.5, 0.6) is 0 Å². The highest BCUT2D eigenvalue weighted by molar-refractivity contribution is 5.79. The number of benzene rings is 1. The van der Waals surface area contributed by atoms with Gasteiger partial charge >= 0.3 is 0 Å². The third-order valence-corrected chi connectivity index (χ3v) is 5.45. The number of hydrogen-bond acceptors (Lipinski definition) is 4. The van der Waals surface area contributed by atoms with Crippen LogP contribution in [0.1, 0.15) is 23.7 Å². The molecule has 0 unspecified atom stereocenters. The number of likely N-dealkylation sites (tertiary alicyclic amines) is 1. The van der Waals surface area contributed by atoms with Gasteiger partial charge in [-0.1, -0.05) is 36.4 Å². The fourth-order valence-electron chi connectivity index (χ4n) is 3.86. The quantitative estimate of drug-likeness (QED) is 0.542. The van der Waals surface area contributed by atoms with Gasteiger partial charge in [0.2, 0.25) is 5.91 Å². The van der Waals surface area contributed by atoms with Gasteiger partial charge in [0.25, 0.3) is 0 Å². The fraction of sp³-hybridized carbons (Fsp3) is 0.217. The van der Waals surface area contributed by atoms with Gasteiger partial charge in [-0.2, -0.15) is 5.10 Å². The Hall–Kier alpha value is -3.54. The SMILES string of the molecule is O=C(Cc1ccccc1)N1CC[C@@H](c2nc3ccc(-c4cccnc4)cn3n2)C1. The molecule has 1 saturated heterocycles. The minimum atomic E-state index is 0.168. The standard InChI is InChI=1S/C23H21N5O/c29-22(13-17-5-2-1-3-6-17)27-12-10-20(15-27)23-25-21-9-8-19(16-28(21)26-23)18-7-4-11-24-14-18/h1-9,11,14,16,20H,10,12-13,15H2/t20-/m1/s1. The summed E-state index contributed by atoms with van der Waals surface area (Å²) >= 11 is 0. The Bertz CT molecular complexity index is 1140. The molecule has 1 aliphatic rings. The van der Waals surface area contributed by atoms with Crippen molar-refractivity contribution in [1.82, 2.24) is 24.5 Å². The normalized spacial score (nSPS) is 16.4. The maximum atomic E-state index is 12.6. The first-order chi connectivity index (χ1) is 14.3. The summed E-state index contributed by atoms with van der Waals surface area (Å²) in [6, 6.07) is 17.9. The molecule has 144 valence electrons. The van der Waals surface area contributed by atoms with E-state index in [2.05, 4.69) is 4.98 Å². The molecule has 4 heterocycles. The molecule has 5 rings (SSSR count). The van der Waals surface area contributed by atoms with Crippen LogP contribution in [0, 0.1) is 0 Å². The van der Waals surface area contributed by atoms with Crippen molar-refractivity contribution in [1.29, 1.82) is 0 Å². The van der Waals surface area contributed by atoms with Gasteiger partial charge in [-0.05, 0) is 30.2 Å². The molecule has 0 spiro atoms. The van der Waals surface area contributed by atoms with E-state index >= 15 is 0 Å². The zero-order chi connectivity index (χ0) is 19.6. The number of hydrogen-bond donors (Lipinski definition) is 0. The van der Waals surface area contributed by atoms with Crippen molar-refractivity contribution in [2.45, 2.75) is 18.8 Å². The smallest absolute Gasteiger partial charge is 0.227 e. The maximum Gasteiger partial charge on any atom is 0.227 e. The van der Waals surface area contributed by atoms with Crippen LogP contribution in [0.15, 0.2) is 73.2 Å². The first-order valence-corrected chi connectivity index (χ1v) is 9.85. The van der Waals surface area contributed by atoms with Crippen molar-refractivity contribution in [3.63, 3.8) is 0 Å². The van der Waals surface area contributed by atoms with Crippen LogP contribution in [0.4, 0.5) is 0 Å². The lowest BCUT2D eigenvalue weighted by Crippen LogP contribution is -2.29. The molecule has 6 nitrogen and oxygen atoms in total. The van der Waals surface area contributed by atoms with Gasteiger partial charge in [0, 0.05) is 48.7 Å². The highest BCUT2D eigenvalue weighted by Crippen LogP contribution is 2.26. The van der Waals surface area contributed by atoms with Gasteiger partial charge < -0.3 is 4.90 Å². The second-order valence-electron chi connectivity index (χ2n) is 7.42. The van der Waals surface area contributed by atoms with Crippen molar-refractivity contribution >= 4 is 11.6 Å². The molecule has 1 aromatic carbocycles.